The van der Waals surface area contributed by atoms with Crippen LogP contribution in [0.4, 0.5) is 5.69 Å². The number of hydrogen-bond donors (Lipinski definition) is 1. The highest BCUT2D eigenvalue weighted by molar-refractivity contribution is 6.04. The number of anilines is 1. The second kappa shape index (κ2) is 8.19. The zero-order valence-electron chi connectivity index (χ0n) is 16.4. The van der Waals surface area contributed by atoms with Crippen molar-refractivity contribution >= 4 is 22.7 Å². The van der Waals surface area contributed by atoms with E-state index in [2.05, 4.69) is 10.3 Å². The van der Waals surface area contributed by atoms with Crippen molar-refractivity contribution in [2.45, 2.75) is 20.3 Å². The van der Waals surface area contributed by atoms with Gasteiger partial charge < -0.3 is 14.5 Å². The Morgan fingerprint density at radius 2 is 1.90 bits per heavy atom. The fraction of sp³-hybridized carbons (Fsp3) is 0.167. The number of fused-ring (bicyclic) bond motifs is 1. The second-order valence-electron chi connectivity index (χ2n) is 6.90. The molecule has 3 aromatic carbocycles. The number of benzene rings is 3. The molecule has 0 aliphatic carbocycles. The van der Waals surface area contributed by atoms with Gasteiger partial charge in [-0.05, 0) is 73.5 Å². The molecule has 146 valence electrons. The van der Waals surface area contributed by atoms with E-state index in [0.717, 1.165) is 28.6 Å². The van der Waals surface area contributed by atoms with Crippen LogP contribution < -0.4 is 10.1 Å². The zero-order valence-corrected chi connectivity index (χ0v) is 16.4. The number of aromatic nitrogens is 1. The predicted octanol–water partition coefficient (Wildman–Crippen LogP) is 5.84. The van der Waals surface area contributed by atoms with E-state index in [1.807, 2.05) is 68.4 Å². The van der Waals surface area contributed by atoms with Crippen LogP contribution in [0.1, 0.15) is 29.3 Å². The van der Waals surface area contributed by atoms with Crippen LogP contribution in [0.15, 0.2) is 71.1 Å². The van der Waals surface area contributed by atoms with E-state index in [1.165, 1.54) is 0 Å². The van der Waals surface area contributed by atoms with Gasteiger partial charge in [0.25, 0.3) is 5.91 Å². The first-order chi connectivity index (χ1) is 14.1. The van der Waals surface area contributed by atoms with Crippen molar-refractivity contribution in [1.82, 2.24) is 4.98 Å². The summed E-state index contributed by atoms with van der Waals surface area (Å²) in [4.78, 5) is 17.1. The molecule has 0 unspecified atom stereocenters. The standard InChI is InChI=1S/C24H22N2O3/c1-3-13-28-20-6-4-5-18(15-20)23(27)25-19-10-8-17(9-11-19)24-26-21-14-16(2)7-12-22(21)29-24/h4-12,14-15H,3,13H2,1-2H3,(H,25,27). The number of carbonyl (C=O) groups excluding carboxylic acids is 1. The molecule has 4 rings (SSSR count). The first-order valence-corrected chi connectivity index (χ1v) is 9.64. The molecule has 0 atom stereocenters. The van der Waals surface area contributed by atoms with Gasteiger partial charge in [0, 0.05) is 16.8 Å². The lowest BCUT2D eigenvalue weighted by atomic mass is 10.1. The smallest absolute Gasteiger partial charge is 0.255 e. The summed E-state index contributed by atoms with van der Waals surface area (Å²) in [6, 6.07) is 20.5. The van der Waals surface area contributed by atoms with Crippen LogP contribution in [0, 0.1) is 6.92 Å². The van der Waals surface area contributed by atoms with Gasteiger partial charge in [-0.15, -0.1) is 0 Å². The van der Waals surface area contributed by atoms with Crippen LogP contribution in [0.2, 0.25) is 0 Å². The molecule has 1 aromatic heterocycles. The summed E-state index contributed by atoms with van der Waals surface area (Å²) in [5.41, 5.74) is 4.84. The Bertz CT molecular complexity index is 1150. The Hall–Kier alpha value is -3.60. The third-order valence-electron chi connectivity index (χ3n) is 4.50. The minimum Gasteiger partial charge on any atom is -0.494 e. The quantitative estimate of drug-likeness (QED) is 0.452. The Labute approximate surface area is 169 Å². The highest BCUT2D eigenvalue weighted by atomic mass is 16.5. The molecule has 1 amide bonds. The molecule has 0 aliphatic rings. The molecule has 0 saturated carbocycles. The highest BCUT2D eigenvalue weighted by Crippen LogP contribution is 2.26. The van der Waals surface area contributed by atoms with Crippen molar-refractivity contribution in [2.24, 2.45) is 0 Å². The molecule has 1 N–H and O–H groups in total. The number of carbonyl (C=O) groups is 1. The molecule has 29 heavy (non-hydrogen) atoms. The normalized spacial score (nSPS) is 10.8. The summed E-state index contributed by atoms with van der Waals surface area (Å²) < 4.78 is 11.4. The number of oxazole rings is 1. The monoisotopic (exact) mass is 386 g/mol. The molecule has 5 heteroatoms. The maximum Gasteiger partial charge on any atom is 0.255 e. The SMILES string of the molecule is CCCOc1cccc(C(=O)Nc2ccc(-c3nc4cc(C)ccc4o3)cc2)c1. The van der Waals surface area contributed by atoms with E-state index in [1.54, 1.807) is 12.1 Å². The Morgan fingerprint density at radius 3 is 2.69 bits per heavy atom. The molecular weight excluding hydrogens is 364 g/mol. The number of nitrogens with one attached hydrogen (secondary N) is 1. The molecule has 4 aromatic rings. The van der Waals surface area contributed by atoms with E-state index in [9.17, 15) is 4.79 Å². The van der Waals surface area contributed by atoms with Gasteiger partial charge in [0.05, 0.1) is 6.61 Å². The zero-order chi connectivity index (χ0) is 20.2. The van der Waals surface area contributed by atoms with Crippen LogP contribution in [0.3, 0.4) is 0 Å². The fourth-order valence-corrected chi connectivity index (χ4v) is 3.01. The molecule has 0 bridgehead atoms. The van der Waals surface area contributed by atoms with Gasteiger partial charge in [-0.25, -0.2) is 4.98 Å². The molecular formula is C24H22N2O3. The van der Waals surface area contributed by atoms with E-state index in [-0.39, 0.29) is 5.91 Å². The van der Waals surface area contributed by atoms with Gasteiger partial charge in [0.2, 0.25) is 5.89 Å². The molecule has 0 saturated heterocycles. The van der Waals surface area contributed by atoms with E-state index < -0.39 is 0 Å². The predicted molar refractivity (Wildman–Crippen MR) is 114 cm³/mol. The van der Waals surface area contributed by atoms with Gasteiger partial charge >= 0.3 is 0 Å². The maximum absolute atomic E-state index is 12.5. The average molecular weight is 386 g/mol. The number of amides is 1. The second-order valence-corrected chi connectivity index (χ2v) is 6.90. The van der Waals surface area contributed by atoms with Crippen molar-refractivity contribution in [3.8, 4) is 17.2 Å². The Kier molecular flexibility index (Phi) is 5.29. The minimum absolute atomic E-state index is 0.183. The van der Waals surface area contributed by atoms with Gasteiger partial charge in [-0.2, -0.15) is 0 Å². The summed E-state index contributed by atoms with van der Waals surface area (Å²) >= 11 is 0. The number of hydrogen-bond acceptors (Lipinski definition) is 4. The Morgan fingerprint density at radius 1 is 1.07 bits per heavy atom. The minimum atomic E-state index is -0.183. The molecule has 5 nitrogen and oxygen atoms in total. The van der Waals surface area contributed by atoms with E-state index >= 15 is 0 Å². The van der Waals surface area contributed by atoms with Gasteiger partial charge in [-0.1, -0.05) is 19.1 Å². The summed E-state index contributed by atoms with van der Waals surface area (Å²) in [5.74, 6) is 1.07. The lowest BCUT2D eigenvalue weighted by Crippen LogP contribution is -2.12. The van der Waals surface area contributed by atoms with Crippen LogP contribution >= 0.6 is 0 Å². The summed E-state index contributed by atoms with van der Waals surface area (Å²) in [6.45, 7) is 4.70. The van der Waals surface area contributed by atoms with Crippen LogP contribution in [0.25, 0.3) is 22.6 Å². The molecule has 0 radical (unpaired) electrons. The van der Waals surface area contributed by atoms with Crippen LogP contribution in [-0.2, 0) is 0 Å². The number of nitrogens with zero attached hydrogens (tertiary/aromatic N) is 1. The lowest BCUT2D eigenvalue weighted by Gasteiger charge is -2.08. The van der Waals surface area contributed by atoms with Crippen LogP contribution in [0.5, 0.6) is 5.75 Å². The van der Waals surface area contributed by atoms with Crippen molar-refractivity contribution < 1.29 is 13.9 Å². The number of aryl methyl sites for hydroxylation is 1. The van der Waals surface area contributed by atoms with Crippen LogP contribution in [-0.4, -0.2) is 17.5 Å². The first kappa shape index (κ1) is 18.7. The lowest BCUT2D eigenvalue weighted by molar-refractivity contribution is 0.102. The number of rotatable bonds is 6. The third-order valence-corrected chi connectivity index (χ3v) is 4.50. The molecule has 0 fully saturated rings. The van der Waals surface area contributed by atoms with Crippen molar-refractivity contribution in [1.29, 1.82) is 0 Å². The molecule has 0 spiro atoms. The van der Waals surface area contributed by atoms with Gasteiger partial charge in [0.1, 0.15) is 11.3 Å². The first-order valence-electron chi connectivity index (χ1n) is 9.64. The van der Waals surface area contributed by atoms with Crippen molar-refractivity contribution in [3.05, 3.63) is 77.9 Å². The largest absolute Gasteiger partial charge is 0.494 e. The van der Waals surface area contributed by atoms with E-state index in [0.29, 0.717) is 29.5 Å². The topological polar surface area (TPSA) is 64.4 Å². The molecule has 1 heterocycles. The summed E-state index contributed by atoms with van der Waals surface area (Å²) in [7, 11) is 0. The summed E-state index contributed by atoms with van der Waals surface area (Å²) in [5, 5.41) is 2.91. The fourth-order valence-electron chi connectivity index (χ4n) is 3.01. The van der Waals surface area contributed by atoms with Gasteiger partial charge in [-0.3, -0.25) is 4.79 Å². The molecule has 0 aliphatic heterocycles. The average Bonchev–Trinajstić information content (AvgIpc) is 3.16. The van der Waals surface area contributed by atoms with Crippen molar-refractivity contribution in [2.75, 3.05) is 11.9 Å². The summed E-state index contributed by atoms with van der Waals surface area (Å²) in [6.07, 6.45) is 0.919. The Balaban J connectivity index is 1.48. The third kappa shape index (κ3) is 4.29. The van der Waals surface area contributed by atoms with Gasteiger partial charge in [0.15, 0.2) is 5.58 Å². The number of ether oxygens (including phenoxy) is 1. The maximum atomic E-state index is 12.5. The van der Waals surface area contributed by atoms with Crippen molar-refractivity contribution in [3.63, 3.8) is 0 Å². The van der Waals surface area contributed by atoms with E-state index in [4.69, 9.17) is 9.15 Å². The highest BCUT2D eigenvalue weighted by Gasteiger charge is 2.10.